The monoisotopic (exact) mass is 382 g/mol. The molecule has 0 saturated carbocycles. The molecule has 1 aromatic heterocycles. The first-order chi connectivity index (χ1) is 10.6. The molecule has 0 N–H and O–H groups in total. The van der Waals surface area contributed by atoms with E-state index in [-0.39, 0.29) is 19.0 Å². The lowest BCUT2D eigenvalue weighted by Gasteiger charge is -2.24. The molecule has 0 bridgehead atoms. The Morgan fingerprint density at radius 3 is 2.73 bits per heavy atom. The van der Waals surface area contributed by atoms with E-state index in [1.807, 2.05) is 6.07 Å². The van der Waals surface area contributed by atoms with Gasteiger partial charge in [0.15, 0.2) is 18.1 Å². The minimum absolute atomic E-state index is 0.0641. The summed E-state index contributed by atoms with van der Waals surface area (Å²) in [6.07, 6.45) is -0.863. The number of benzene rings is 1. The summed E-state index contributed by atoms with van der Waals surface area (Å²) < 4.78 is 16.8. The van der Waals surface area contributed by atoms with E-state index in [4.69, 9.17) is 14.2 Å². The maximum absolute atomic E-state index is 12.0. The van der Waals surface area contributed by atoms with Crippen molar-refractivity contribution < 1.29 is 23.8 Å². The quantitative estimate of drug-likeness (QED) is 0.600. The number of hydrogen-bond donors (Lipinski definition) is 0. The van der Waals surface area contributed by atoms with Gasteiger partial charge in [0.25, 0.3) is 0 Å². The van der Waals surface area contributed by atoms with Gasteiger partial charge in [-0.3, -0.25) is 4.79 Å². The summed E-state index contributed by atoms with van der Waals surface area (Å²) >= 11 is 4.57. The van der Waals surface area contributed by atoms with Crippen LogP contribution in [0, 0.1) is 0 Å². The summed E-state index contributed by atoms with van der Waals surface area (Å²) in [6, 6.07) is 10.5. The molecule has 1 aromatic carbocycles. The number of fused-ring (bicyclic) bond motifs is 1. The average Bonchev–Trinajstić information content (AvgIpc) is 2.98. The van der Waals surface area contributed by atoms with Crippen LogP contribution in [0.1, 0.15) is 9.67 Å². The van der Waals surface area contributed by atoms with Gasteiger partial charge in [-0.25, -0.2) is 4.79 Å². The van der Waals surface area contributed by atoms with Gasteiger partial charge in [-0.05, 0) is 40.2 Å². The van der Waals surface area contributed by atoms with E-state index in [1.165, 1.54) is 11.3 Å². The molecule has 0 aliphatic carbocycles. The maximum Gasteiger partial charge on any atom is 0.351 e. The van der Waals surface area contributed by atoms with E-state index in [9.17, 15) is 9.59 Å². The van der Waals surface area contributed by atoms with Crippen molar-refractivity contribution in [3.8, 4) is 11.5 Å². The van der Waals surface area contributed by atoms with Crippen LogP contribution in [-0.4, -0.2) is 31.1 Å². The van der Waals surface area contributed by atoms with Crippen molar-refractivity contribution >= 4 is 39.0 Å². The Labute approximate surface area is 138 Å². The van der Waals surface area contributed by atoms with Crippen molar-refractivity contribution in [3.05, 3.63) is 45.1 Å². The van der Waals surface area contributed by atoms with Crippen LogP contribution in [0.4, 0.5) is 0 Å². The first-order valence-corrected chi connectivity index (χ1v) is 8.08. The zero-order chi connectivity index (χ0) is 15.5. The third kappa shape index (κ3) is 3.31. The van der Waals surface area contributed by atoms with Crippen LogP contribution in [0.15, 0.2) is 40.2 Å². The highest BCUT2D eigenvalue weighted by Crippen LogP contribution is 2.31. The number of thiophene rings is 1. The molecule has 3 rings (SSSR count). The second-order valence-corrected chi connectivity index (χ2v) is 6.96. The van der Waals surface area contributed by atoms with Crippen LogP contribution in [0.3, 0.4) is 0 Å². The molecule has 0 amide bonds. The summed E-state index contributed by atoms with van der Waals surface area (Å²) in [5, 5.41) is 0. The molecular weight excluding hydrogens is 372 g/mol. The smallest absolute Gasteiger partial charge is 0.351 e. The van der Waals surface area contributed by atoms with Gasteiger partial charge in [0.1, 0.15) is 6.61 Å². The lowest BCUT2D eigenvalue weighted by molar-refractivity contribution is -0.153. The molecule has 0 radical (unpaired) electrons. The lowest BCUT2D eigenvalue weighted by atomic mass is 10.2. The fourth-order valence-electron chi connectivity index (χ4n) is 1.90. The topological polar surface area (TPSA) is 61.8 Å². The molecule has 2 aromatic rings. The van der Waals surface area contributed by atoms with Crippen molar-refractivity contribution in [3.63, 3.8) is 0 Å². The molecule has 0 fully saturated rings. The highest BCUT2D eigenvalue weighted by Gasteiger charge is 2.29. The first kappa shape index (κ1) is 15.1. The van der Waals surface area contributed by atoms with Crippen LogP contribution < -0.4 is 9.47 Å². The van der Waals surface area contributed by atoms with Crippen molar-refractivity contribution in [2.24, 2.45) is 0 Å². The Morgan fingerprint density at radius 1 is 1.23 bits per heavy atom. The molecule has 1 atom stereocenters. The minimum Gasteiger partial charge on any atom is -0.485 e. The predicted octanol–water partition coefficient (Wildman–Crippen LogP) is 3.08. The van der Waals surface area contributed by atoms with Gasteiger partial charge in [0, 0.05) is 0 Å². The van der Waals surface area contributed by atoms with Crippen molar-refractivity contribution in [2.45, 2.75) is 6.10 Å². The second-order valence-electron chi connectivity index (χ2n) is 4.50. The van der Waals surface area contributed by atoms with Crippen molar-refractivity contribution in [2.75, 3.05) is 13.2 Å². The van der Waals surface area contributed by atoms with Gasteiger partial charge in [-0.1, -0.05) is 12.1 Å². The third-order valence-corrected chi connectivity index (χ3v) is 4.63. The average molecular weight is 383 g/mol. The van der Waals surface area contributed by atoms with E-state index in [0.717, 1.165) is 3.79 Å². The summed E-state index contributed by atoms with van der Waals surface area (Å²) in [5.41, 5.74) is 0. The minimum atomic E-state index is -0.863. The third-order valence-electron chi connectivity index (χ3n) is 2.97. The highest BCUT2D eigenvalue weighted by molar-refractivity contribution is 9.11. The van der Waals surface area contributed by atoms with Crippen molar-refractivity contribution in [1.29, 1.82) is 0 Å². The number of carbonyl (C=O) groups is 2. The molecule has 7 heteroatoms. The Kier molecular flexibility index (Phi) is 4.44. The number of carbonyl (C=O) groups excluding carboxylic acids is 2. The second kappa shape index (κ2) is 6.50. The number of ether oxygens (including phenoxy) is 3. The number of hydrogen-bond acceptors (Lipinski definition) is 6. The van der Waals surface area contributed by atoms with E-state index in [0.29, 0.717) is 16.4 Å². The molecule has 0 spiro atoms. The molecular formula is C15H11BrO5S. The number of halogens is 1. The molecule has 2 heterocycles. The number of rotatable bonds is 4. The normalized spacial score (nSPS) is 16.1. The van der Waals surface area contributed by atoms with Crippen molar-refractivity contribution in [1.82, 2.24) is 0 Å². The molecule has 1 aliphatic rings. The summed E-state index contributed by atoms with van der Waals surface area (Å²) in [6.45, 7) is -0.248. The predicted molar refractivity (Wildman–Crippen MR) is 83.7 cm³/mol. The Morgan fingerprint density at radius 2 is 2.00 bits per heavy atom. The zero-order valence-electron chi connectivity index (χ0n) is 11.3. The molecule has 114 valence electrons. The van der Waals surface area contributed by atoms with Crippen LogP contribution in [0.25, 0.3) is 0 Å². The molecule has 5 nitrogen and oxygen atoms in total. The van der Waals surface area contributed by atoms with Gasteiger partial charge >= 0.3 is 5.97 Å². The number of esters is 1. The fourth-order valence-corrected chi connectivity index (χ4v) is 3.21. The first-order valence-electron chi connectivity index (χ1n) is 6.47. The zero-order valence-corrected chi connectivity index (χ0v) is 13.7. The van der Waals surface area contributed by atoms with Gasteiger partial charge in [0.05, 0.1) is 8.66 Å². The molecule has 22 heavy (non-hydrogen) atoms. The van der Waals surface area contributed by atoms with Crippen LogP contribution in [-0.2, 0) is 9.53 Å². The van der Waals surface area contributed by atoms with Gasteiger partial charge in [-0.2, -0.15) is 0 Å². The van der Waals surface area contributed by atoms with Crippen LogP contribution >= 0.6 is 27.3 Å². The summed E-state index contributed by atoms with van der Waals surface area (Å²) in [4.78, 5) is 24.4. The van der Waals surface area contributed by atoms with E-state index >= 15 is 0 Å². The maximum atomic E-state index is 12.0. The Bertz CT molecular complexity index is 711. The summed E-state index contributed by atoms with van der Waals surface area (Å²) in [7, 11) is 0. The van der Waals surface area contributed by atoms with E-state index in [1.54, 1.807) is 30.3 Å². The number of para-hydroxylation sites is 2. The Balaban J connectivity index is 1.56. The molecule has 1 unspecified atom stereocenters. The fraction of sp³-hybridized carbons (Fsp3) is 0.200. The SMILES string of the molecule is O=C(COC(=O)C1COc2ccccc2O1)c1ccc(Br)s1. The van der Waals surface area contributed by atoms with E-state index < -0.39 is 12.1 Å². The van der Waals surface area contributed by atoms with Gasteiger partial charge < -0.3 is 14.2 Å². The molecule has 1 aliphatic heterocycles. The van der Waals surface area contributed by atoms with E-state index in [2.05, 4.69) is 15.9 Å². The Hall–Kier alpha value is -1.86. The van der Waals surface area contributed by atoms with Crippen LogP contribution in [0.2, 0.25) is 0 Å². The van der Waals surface area contributed by atoms with Gasteiger partial charge in [0.2, 0.25) is 11.9 Å². The largest absolute Gasteiger partial charge is 0.485 e. The number of Topliss-reactive ketones (excluding diaryl/α,β-unsaturated/α-hetero) is 1. The standard InChI is InChI=1S/C15H11BrO5S/c16-14-6-5-13(22-14)9(17)7-20-15(18)12-8-19-10-3-1-2-4-11(10)21-12/h1-6,12H,7-8H2. The van der Waals surface area contributed by atoms with Gasteiger partial charge in [-0.15, -0.1) is 11.3 Å². The molecule has 0 saturated heterocycles. The number of ketones is 1. The van der Waals surface area contributed by atoms with Crippen LogP contribution in [0.5, 0.6) is 11.5 Å². The lowest BCUT2D eigenvalue weighted by Crippen LogP contribution is -2.38. The highest BCUT2D eigenvalue weighted by atomic mass is 79.9. The summed E-state index contributed by atoms with van der Waals surface area (Å²) in [5.74, 6) is 0.218.